The van der Waals surface area contributed by atoms with Crippen LogP contribution >= 0.6 is 0 Å². The van der Waals surface area contributed by atoms with Crippen molar-refractivity contribution < 1.29 is 17.9 Å². The number of nitrogens with one attached hydrogen (secondary N) is 1. The number of amides is 1. The molecule has 0 fully saturated rings. The number of hydrogen-bond donors (Lipinski definition) is 1. The number of aromatic nitrogens is 4. The van der Waals surface area contributed by atoms with Gasteiger partial charge in [-0.2, -0.15) is 5.10 Å². The molecule has 0 aliphatic heterocycles. The Morgan fingerprint density at radius 2 is 1.83 bits per heavy atom. The van der Waals surface area contributed by atoms with Crippen LogP contribution in [0.15, 0.2) is 90.5 Å². The van der Waals surface area contributed by atoms with Gasteiger partial charge in [0.1, 0.15) is 11.5 Å². The van der Waals surface area contributed by atoms with Gasteiger partial charge >= 0.3 is 0 Å². The molecule has 0 aliphatic carbocycles. The molecule has 1 N–H and O–H groups in total. The first kappa shape index (κ1) is 28.9. The summed E-state index contributed by atoms with van der Waals surface area (Å²) >= 11 is 0. The average molecular weight is 584 g/mol. The second-order valence-electron chi connectivity index (χ2n) is 11.2. The smallest absolute Gasteiger partial charge is 0.228 e. The van der Waals surface area contributed by atoms with Crippen molar-refractivity contribution in [3.8, 4) is 11.5 Å². The van der Waals surface area contributed by atoms with Crippen LogP contribution in [0, 0.1) is 6.92 Å². The van der Waals surface area contributed by atoms with Crippen molar-refractivity contribution in [2.45, 2.75) is 56.7 Å². The molecular formula is C32H33N5O4S. The minimum Gasteiger partial charge on any atom is -0.456 e. The molecule has 0 saturated heterocycles. The van der Waals surface area contributed by atoms with Crippen molar-refractivity contribution in [1.29, 1.82) is 0 Å². The van der Waals surface area contributed by atoms with Crippen LogP contribution < -0.4 is 10.1 Å². The van der Waals surface area contributed by atoms with Crippen molar-refractivity contribution in [2.24, 2.45) is 0 Å². The van der Waals surface area contributed by atoms with Crippen molar-refractivity contribution in [1.82, 2.24) is 19.7 Å². The van der Waals surface area contributed by atoms with Gasteiger partial charge < -0.3 is 10.1 Å². The van der Waals surface area contributed by atoms with Gasteiger partial charge in [-0.05, 0) is 87.7 Å². The van der Waals surface area contributed by atoms with E-state index in [9.17, 15) is 13.2 Å². The molecule has 2 aromatic carbocycles. The zero-order valence-corrected chi connectivity index (χ0v) is 25.0. The maximum absolute atomic E-state index is 13.5. The summed E-state index contributed by atoms with van der Waals surface area (Å²) < 4.78 is 35.0. The van der Waals surface area contributed by atoms with Crippen LogP contribution in [0.3, 0.4) is 0 Å². The number of pyridine rings is 2. The Morgan fingerprint density at radius 3 is 2.52 bits per heavy atom. The number of carbonyl (C=O) groups excluding carboxylic acids is 1. The third-order valence-electron chi connectivity index (χ3n) is 7.00. The van der Waals surface area contributed by atoms with Gasteiger partial charge in [-0.25, -0.2) is 8.42 Å². The van der Waals surface area contributed by atoms with E-state index in [1.807, 2.05) is 52.1 Å². The Kier molecular flexibility index (Phi) is 7.83. The van der Waals surface area contributed by atoms with Crippen molar-refractivity contribution in [3.63, 3.8) is 0 Å². The van der Waals surface area contributed by atoms with E-state index in [1.165, 1.54) is 0 Å². The maximum Gasteiger partial charge on any atom is 0.228 e. The first-order valence-corrected chi connectivity index (χ1v) is 15.1. The van der Waals surface area contributed by atoms with Crippen LogP contribution in [0.1, 0.15) is 49.6 Å². The lowest BCUT2D eigenvalue weighted by Crippen LogP contribution is -2.22. The van der Waals surface area contributed by atoms with Crippen LogP contribution in [0.25, 0.3) is 10.9 Å². The molecule has 0 radical (unpaired) electrons. The number of hydrogen-bond acceptors (Lipinski definition) is 7. The number of fused-ring (bicyclic) bond motifs is 1. The minimum absolute atomic E-state index is 0.147. The van der Waals surface area contributed by atoms with Gasteiger partial charge in [0.05, 0.1) is 39.5 Å². The van der Waals surface area contributed by atoms with Crippen molar-refractivity contribution >= 4 is 32.3 Å². The van der Waals surface area contributed by atoms with Crippen LogP contribution in [-0.2, 0) is 26.6 Å². The monoisotopic (exact) mass is 583 g/mol. The minimum atomic E-state index is -3.69. The Morgan fingerprint density at radius 1 is 1.02 bits per heavy atom. The average Bonchev–Trinajstić information content (AvgIpc) is 3.43. The summed E-state index contributed by atoms with van der Waals surface area (Å²) in [6.45, 7) is 9.67. The van der Waals surface area contributed by atoms with E-state index in [4.69, 9.17) is 4.74 Å². The van der Waals surface area contributed by atoms with Gasteiger partial charge in [0, 0.05) is 30.2 Å². The Hall–Kier alpha value is -4.57. The van der Waals surface area contributed by atoms with Gasteiger partial charge in [0.2, 0.25) is 5.91 Å². The SMILES string of the molecule is Cc1cc(CC(=O)Nc2cnn(C(C)(C)C)c2)ccc1Oc1ccnc2ccc(S(=O)(=O)C(C)c3cccnc3)cc12. The normalized spacial score (nSPS) is 12.7. The molecule has 5 aromatic rings. The van der Waals surface area contributed by atoms with Gasteiger partial charge in [-0.15, -0.1) is 0 Å². The van der Waals surface area contributed by atoms with E-state index < -0.39 is 15.1 Å². The summed E-state index contributed by atoms with van der Waals surface area (Å²) in [5.41, 5.74) is 3.36. The molecule has 216 valence electrons. The zero-order chi connectivity index (χ0) is 30.1. The highest BCUT2D eigenvalue weighted by Crippen LogP contribution is 2.35. The molecule has 1 atom stereocenters. The summed E-state index contributed by atoms with van der Waals surface area (Å²) in [4.78, 5) is 21.3. The Bertz CT molecular complexity index is 1860. The largest absolute Gasteiger partial charge is 0.456 e. The molecule has 0 bridgehead atoms. The topological polar surface area (TPSA) is 116 Å². The first-order chi connectivity index (χ1) is 19.9. The fraction of sp³-hybridized carbons (Fsp3) is 0.250. The summed E-state index contributed by atoms with van der Waals surface area (Å²) in [6, 6.07) is 15.6. The van der Waals surface area contributed by atoms with Crippen LogP contribution in [0.4, 0.5) is 5.69 Å². The predicted octanol–water partition coefficient (Wildman–Crippen LogP) is 6.40. The highest BCUT2D eigenvalue weighted by molar-refractivity contribution is 7.91. The summed E-state index contributed by atoms with van der Waals surface area (Å²) in [5, 5.41) is 7.03. The van der Waals surface area contributed by atoms with E-state index >= 15 is 0 Å². The summed E-state index contributed by atoms with van der Waals surface area (Å²) in [5.74, 6) is 0.927. The van der Waals surface area contributed by atoms with Crippen molar-refractivity contribution in [3.05, 3.63) is 102 Å². The zero-order valence-electron chi connectivity index (χ0n) is 24.2. The van der Waals surface area contributed by atoms with E-state index in [0.717, 1.165) is 11.1 Å². The Balaban J connectivity index is 1.34. The number of anilines is 1. The second kappa shape index (κ2) is 11.4. The number of nitrogens with zero attached hydrogens (tertiary/aromatic N) is 4. The number of rotatable bonds is 8. The van der Waals surface area contributed by atoms with Crippen LogP contribution in [-0.4, -0.2) is 34.1 Å². The molecule has 0 saturated carbocycles. The molecule has 0 aliphatic rings. The lowest BCUT2D eigenvalue weighted by Gasteiger charge is -2.18. The second-order valence-corrected chi connectivity index (χ2v) is 13.5. The fourth-order valence-electron chi connectivity index (χ4n) is 4.57. The predicted molar refractivity (Wildman–Crippen MR) is 162 cm³/mol. The Labute approximate surface area is 245 Å². The third-order valence-corrected chi connectivity index (χ3v) is 9.11. The molecule has 3 heterocycles. The molecule has 0 spiro atoms. The number of carbonyl (C=O) groups is 1. The molecule has 5 rings (SSSR count). The molecule has 1 unspecified atom stereocenters. The highest BCUT2D eigenvalue weighted by atomic mass is 32.2. The first-order valence-electron chi connectivity index (χ1n) is 13.6. The van der Waals surface area contributed by atoms with E-state index in [0.29, 0.717) is 33.7 Å². The van der Waals surface area contributed by atoms with Gasteiger partial charge in [0.25, 0.3) is 0 Å². The van der Waals surface area contributed by atoms with Gasteiger partial charge in [0.15, 0.2) is 9.84 Å². The van der Waals surface area contributed by atoms with Crippen LogP contribution in [0.5, 0.6) is 11.5 Å². The van der Waals surface area contributed by atoms with Gasteiger partial charge in [-0.1, -0.05) is 18.2 Å². The van der Waals surface area contributed by atoms with E-state index in [1.54, 1.807) is 72.8 Å². The molecular weight excluding hydrogens is 550 g/mol. The fourth-order valence-corrected chi connectivity index (χ4v) is 6.01. The van der Waals surface area contributed by atoms with Crippen molar-refractivity contribution in [2.75, 3.05) is 5.32 Å². The van der Waals surface area contributed by atoms with E-state index in [-0.39, 0.29) is 22.8 Å². The summed E-state index contributed by atoms with van der Waals surface area (Å²) in [6.07, 6.45) is 8.45. The van der Waals surface area contributed by atoms with E-state index in [2.05, 4.69) is 20.4 Å². The molecule has 42 heavy (non-hydrogen) atoms. The number of aryl methyl sites for hydroxylation is 1. The lowest BCUT2D eigenvalue weighted by atomic mass is 10.1. The molecule has 1 amide bonds. The number of ether oxygens (including phenoxy) is 1. The lowest BCUT2D eigenvalue weighted by molar-refractivity contribution is -0.115. The third kappa shape index (κ3) is 6.18. The number of benzene rings is 2. The molecule has 9 nitrogen and oxygen atoms in total. The molecule has 10 heteroatoms. The van der Waals surface area contributed by atoms with Crippen LogP contribution in [0.2, 0.25) is 0 Å². The molecule has 3 aromatic heterocycles. The summed E-state index contributed by atoms with van der Waals surface area (Å²) in [7, 11) is -3.69. The van der Waals surface area contributed by atoms with Gasteiger partial charge in [-0.3, -0.25) is 19.4 Å². The highest BCUT2D eigenvalue weighted by Gasteiger charge is 2.26. The quantitative estimate of drug-likeness (QED) is 0.225. The standard InChI is InChI=1S/C32H33N5O4S/c1-21-15-23(16-31(38)36-25-19-35-37(20-25)32(3,4)5)8-11-29(21)41-30-12-14-34-28-10-9-26(17-27(28)30)42(39,40)22(2)24-7-6-13-33-18-24/h6-15,17-20,22H,16H2,1-5H3,(H,36,38). The number of sulfone groups is 1. The maximum atomic E-state index is 13.5.